The Bertz CT molecular complexity index is 1210. The quantitative estimate of drug-likeness (QED) is 0.642. The molecule has 1 aromatic heterocycles. The largest absolute Gasteiger partial charge is 0.356 e. The van der Waals surface area contributed by atoms with Crippen LogP contribution in [0, 0.1) is 0 Å². The molecule has 2 aromatic carbocycles. The Morgan fingerprint density at radius 2 is 1.97 bits per heavy atom. The van der Waals surface area contributed by atoms with Crippen LogP contribution in [0.3, 0.4) is 0 Å². The molecule has 0 unspecified atom stereocenters. The molecular weight excluding hydrogens is 400 g/mol. The van der Waals surface area contributed by atoms with Gasteiger partial charge >= 0.3 is 0 Å². The van der Waals surface area contributed by atoms with E-state index in [4.69, 9.17) is 11.6 Å². The van der Waals surface area contributed by atoms with Crippen LogP contribution in [-0.4, -0.2) is 45.5 Å². The van der Waals surface area contributed by atoms with Crippen molar-refractivity contribution < 1.29 is 9.59 Å². The Morgan fingerprint density at radius 1 is 1.17 bits per heavy atom. The van der Waals surface area contributed by atoms with Crippen molar-refractivity contribution in [1.29, 1.82) is 0 Å². The fraction of sp³-hybridized carbons (Fsp3) is 0.261. The van der Waals surface area contributed by atoms with Gasteiger partial charge in [-0.05, 0) is 43.2 Å². The first-order valence-electron chi connectivity index (χ1n) is 9.89. The number of H-pyrrole nitrogens is 1. The van der Waals surface area contributed by atoms with Crippen molar-refractivity contribution in [2.75, 3.05) is 6.54 Å². The number of para-hydroxylation sites is 1. The second kappa shape index (κ2) is 6.71. The summed E-state index contributed by atoms with van der Waals surface area (Å²) in [6.45, 7) is 3.90. The van der Waals surface area contributed by atoms with Crippen LogP contribution >= 0.6 is 11.6 Å². The lowest BCUT2D eigenvalue weighted by Gasteiger charge is -2.50. The van der Waals surface area contributed by atoms with Gasteiger partial charge in [0, 0.05) is 28.0 Å². The Kier molecular flexibility index (Phi) is 4.22. The van der Waals surface area contributed by atoms with E-state index >= 15 is 0 Å². The lowest BCUT2D eigenvalue weighted by atomic mass is 9.82. The standard InChI is InChI=1S/C23H21ClN4O2/c1-23(2)21-17(16-8-3-4-9-18(16)26-21)11-19-22(30)27(13-20(29)28(19)23)25-12-14-6-5-7-15(24)10-14/h3-10,12,19,26H,11,13H2,1-2H3/b25-12-/t19-/m0/s1. The van der Waals surface area contributed by atoms with E-state index in [0.29, 0.717) is 11.4 Å². The highest BCUT2D eigenvalue weighted by atomic mass is 35.5. The van der Waals surface area contributed by atoms with E-state index in [1.807, 2.05) is 44.2 Å². The van der Waals surface area contributed by atoms with Crippen molar-refractivity contribution in [2.24, 2.45) is 5.10 Å². The third-order valence-electron chi connectivity index (χ3n) is 6.02. The number of nitrogens with zero attached hydrogens (tertiary/aromatic N) is 3. The van der Waals surface area contributed by atoms with Crippen molar-refractivity contribution in [1.82, 2.24) is 14.9 Å². The van der Waals surface area contributed by atoms with Crippen molar-refractivity contribution in [3.05, 3.63) is 70.4 Å². The average Bonchev–Trinajstić information content (AvgIpc) is 3.09. The fourth-order valence-corrected chi connectivity index (χ4v) is 4.89. The summed E-state index contributed by atoms with van der Waals surface area (Å²) in [4.78, 5) is 31.6. The van der Waals surface area contributed by atoms with Crippen LogP contribution in [0.15, 0.2) is 53.6 Å². The summed E-state index contributed by atoms with van der Waals surface area (Å²) in [5.41, 5.74) is 3.27. The maximum atomic E-state index is 13.3. The maximum absolute atomic E-state index is 13.3. The highest BCUT2D eigenvalue weighted by molar-refractivity contribution is 6.30. The molecule has 2 aliphatic rings. The molecule has 152 valence electrons. The average molecular weight is 421 g/mol. The monoisotopic (exact) mass is 420 g/mol. The molecule has 1 fully saturated rings. The molecule has 6 nitrogen and oxygen atoms in total. The van der Waals surface area contributed by atoms with Gasteiger partial charge in [0.25, 0.3) is 5.91 Å². The van der Waals surface area contributed by atoms with Gasteiger partial charge in [-0.1, -0.05) is 41.9 Å². The SMILES string of the molecule is CC1(C)c2[nH]c3ccccc3c2C[C@H]2C(=O)N(/N=C\c3cccc(Cl)c3)CC(=O)N21. The van der Waals surface area contributed by atoms with Gasteiger partial charge in [0.2, 0.25) is 5.91 Å². The summed E-state index contributed by atoms with van der Waals surface area (Å²) in [6, 6.07) is 14.7. The third kappa shape index (κ3) is 2.82. The number of aromatic nitrogens is 1. The summed E-state index contributed by atoms with van der Waals surface area (Å²) in [6.07, 6.45) is 2.04. The van der Waals surface area contributed by atoms with Crippen LogP contribution in [0.4, 0.5) is 0 Å². The molecule has 2 amide bonds. The van der Waals surface area contributed by atoms with Crippen LogP contribution in [-0.2, 0) is 21.5 Å². The van der Waals surface area contributed by atoms with Gasteiger partial charge in [0.15, 0.2) is 0 Å². The van der Waals surface area contributed by atoms with E-state index in [9.17, 15) is 9.59 Å². The van der Waals surface area contributed by atoms with Crippen LogP contribution in [0.2, 0.25) is 5.02 Å². The van der Waals surface area contributed by atoms with E-state index in [0.717, 1.165) is 27.7 Å². The van der Waals surface area contributed by atoms with E-state index < -0.39 is 11.6 Å². The number of amides is 2. The Morgan fingerprint density at radius 3 is 2.77 bits per heavy atom. The number of hydrogen-bond acceptors (Lipinski definition) is 3. The number of carbonyl (C=O) groups excluding carboxylic acids is 2. The first kappa shape index (κ1) is 18.9. The van der Waals surface area contributed by atoms with E-state index in [1.165, 1.54) is 5.01 Å². The van der Waals surface area contributed by atoms with Gasteiger partial charge in [-0.3, -0.25) is 9.59 Å². The van der Waals surface area contributed by atoms with Crippen molar-refractivity contribution in [2.45, 2.75) is 31.8 Å². The molecule has 30 heavy (non-hydrogen) atoms. The topological polar surface area (TPSA) is 68.8 Å². The van der Waals surface area contributed by atoms with Crippen LogP contribution in [0.5, 0.6) is 0 Å². The molecular formula is C23H21ClN4O2. The number of halogens is 1. The normalized spacial score (nSPS) is 20.7. The lowest BCUT2D eigenvalue weighted by molar-refractivity contribution is -0.163. The number of hydrazone groups is 1. The highest BCUT2D eigenvalue weighted by Gasteiger charge is 2.51. The van der Waals surface area contributed by atoms with Gasteiger partial charge in [-0.2, -0.15) is 5.10 Å². The number of carbonyl (C=O) groups is 2. The number of rotatable bonds is 2. The molecule has 0 saturated carbocycles. The summed E-state index contributed by atoms with van der Waals surface area (Å²) in [5.74, 6) is -0.283. The number of piperazine rings is 1. The van der Waals surface area contributed by atoms with Crippen molar-refractivity contribution >= 4 is 40.5 Å². The summed E-state index contributed by atoms with van der Waals surface area (Å²) >= 11 is 6.02. The molecule has 3 heterocycles. The van der Waals surface area contributed by atoms with E-state index in [1.54, 1.807) is 23.2 Å². The molecule has 0 radical (unpaired) electrons. The Labute approximate surface area is 179 Å². The van der Waals surface area contributed by atoms with Crippen LogP contribution < -0.4 is 0 Å². The van der Waals surface area contributed by atoms with E-state index in [-0.39, 0.29) is 18.4 Å². The summed E-state index contributed by atoms with van der Waals surface area (Å²) < 4.78 is 0. The minimum atomic E-state index is -0.618. The molecule has 5 rings (SSSR count). The maximum Gasteiger partial charge on any atom is 0.266 e. The second-order valence-electron chi connectivity index (χ2n) is 8.26. The molecule has 7 heteroatoms. The van der Waals surface area contributed by atoms with Gasteiger partial charge in [0.1, 0.15) is 12.6 Å². The molecule has 3 aromatic rings. The number of fused-ring (bicyclic) bond motifs is 4. The molecule has 0 aliphatic carbocycles. The summed E-state index contributed by atoms with van der Waals surface area (Å²) in [5, 5.41) is 7.28. The number of aromatic amines is 1. The molecule has 1 saturated heterocycles. The zero-order valence-electron chi connectivity index (χ0n) is 16.7. The predicted octanol–water partition coefficient (Wildman–Crippen LogP) is 3.69. The number of hydrogen-bond donors (Lipinski definition) is 1. The Balaban J connectivity index is 1.52. The highest BCUT2D eigenvalue weighted by Crippen LogP contribution is 2.42. The third-order valence-corrected chi connectivity index (χ3v) is 6.26. The van der Waals surface area contributed by atoms with Crippen LogP contribution in [0.1, 0.15) is 30.7 Å². The van der Waals surface area contributed by atoms with Gasteiger partial charge in [0.05, 0.1) is 11.8 Å². The lowest BCUT2D eigenvalue weighted by Crippen LogP contribution is -2.66. The predicted molar refractivity (Wildman–Crippen MR) is 116 cm³/mol. The fourth-order valence-electron chi connectivity index (χ4n) is 4.69. The first-order chi connectivity index (χ1) is 14.4. The number of nitrogens with one attached hydrogen (secondary N) is 1. The van der Waals surface area contributed by atoms with Gasteiger partial charge < -0.3 is 9.88 Å². The zero-order valence-corrected chi connectivity index (χ0v) is 17.5. The number of benzene rings is 2. The summed E-state index contributed by atoms with van der Waals surface area (Å²) in [7, 11) is 0. The first-order valence-corrected chi connectivity index (χ1v) is 10.3. The van der Waals surface area contributed by atoms with Crippen molar-refractivity contribution in [3.63, 3.8) is 0 Å². The molecule has 0 spiro atoms. The minimum Gasteiger partial charge on any atom is -0.356 e. The smallest absolute Gasteiger partial charge is 0.266 e. The zero-order chi connectivity index (χ0) is 21.0. The molecule has 2 aliphatic heterocycles. The van der Waals surface area contributed by atoms with Gasteiger partial charge in [-0.25, -0.2) is 5.01 Å². The minimum absolute atomic E-state index is 0.0780. The van der Waals surface area contributed by atoms with E-state index in [2.05, 4.69) is 16.2 Å². The molecule has 0 bridgehead atoms. The van der Waals surface area contributed by atoms with Crippen LogP contribution in [0.25, 0.3) is 10.9 Å². The second-order valence-corrected chi connectivity index (χ2v) is 8.70. The molecule has 1 atom stereocenters. The van der Waals surface area contributed by atoms with Crippen molar-refractivity contribution in [3.8, 4) is 0 Å². The molecule has 1 N–H and O–H groups in total. The van der Waals surface area contributed by atoms with Gasteiger partial charge in [-0.15, -0.1) is 0 Å². The Hall–Kier alpha value is -3.12.